The molecule has 6 heteroatoms. The molecule has 1 atom stereocenters. The van der Waals surface area contributed by atoms with Crippen molar-refractivity contribution in [3.8, 4) is 0 Å². The van der Waals surface area contributed by atoms with Crippen molar-refractivity contribution in [1.29, 1.82) is 0 Å². The molecule has 0 aromatic carbocycles. The molecule has 114 valence electrons. The van der Waals surface area contributed by atoms with Gasteiger partial charge in [-0.05, 0) is 25.8 Å². The lowest BCUT2D eigenvalue weighted by Gasteiger charge is -2.13. The van der Waals surface area contributed by atoms with Gasteiger partial charge in [0.2, 0.25) is 0 Å². The second-order valence-corrected chi connectivity index (χ2v) is 6.75. The van der Waals surface area contributed by atoms with Crippen molar-refractivity contribution < 1.29 is 4.74 Å². The van der Waals surface area contributed by atoms with E-state index in [0.29, 0.717) is 5.25 Å². The molecule has 0 amide bonds. The van der Waals surface area contributed by atoms with Gasteiger partial charge in [0.05, 0.1) is 0 Å². The van der Waals surface area contributed by atoms with E-state index in [-0.39, 0.29) is 0 Å². The molecule has 2 rings (SSSR count). The maximum atomic E-state index is 5.04. The Labute approximate surface area is 125 Å². The number of hydrogen-bond acceptors (Lipinski definition) is 5. The lowest BCUT2D eigenvalue weighted by atomic mass is 10.2. The number of aromatic nitrogens is 3. The van der Waals surface area contributed by atoms with Gasteiger partial charge in [0, 0.05) is 38.5 Å². The first kappa shape index (κ1) is 15.8. The maximum Gasteiger partial charge on any atom is 0.191 e. The Hall–Kier alpha value is -0.590. The molecule has 1 N–H and O–H groups in total. The van der Waals surface area contributed by atoms with Crippen molar-refractivity contribution in [1.82, 2.24) is 20.1 Å². The van der Waals surface area contributed by atoms with Crippen molar-refractivity contribution in [2.75, 3.05) is 26.8 Å². The number of ether oxygens (including phenoxy) is 1. The van der Waals surface area contributed by atoms with Crippen LogP contribution in [0.2, 0.25) is 0 Å². The minimum Gasteiger partial charge on any atom is -0.385 e. The summed E-state index contributed by atoms with van der Waals surface area (Å²) in [5.41, 5.74) is 0. The predicted molar refractivity (Wildman–Crippen MR) is 82.3 cm³/mol. The monoisotopic (exact) mass is 298 g/mol. The number of fused-ring (bicyclic) bond motifs is 1. The van der Waals surface area contributed by atoms with E-state index in [1.54, 1.807) is 7.11 Å². The van der Waals surface area contributed by atoms with Gasteiger partial charge in [0.15, 0.2) is 5.16 Å². The van der Waals surface area contributed by atoms with Crippen LogP contribution in [0.15, 0.2) is 5.16 Å². The summed E-state index contributed by atoms with van der Waals surface area (Å²) in [5, 5.41) is 13.8. The molecular formula is C14H26N4OS. The fraction of sp³-hybridized carbons (Fsp3) is 0.857. The van der Waals surface area contributed by atoms with E-state index in [2.05, 4.69) is 27.0 Å². The summed E-state index contributed by atoms with van der Waals surface area (Å²) < 4.78 is 7.36. The summed E-state index contributed by atoms with van der Waals surface area (Å²) in [5.74, 6) is 1.17. The lowest BCUT2D eigenvalue weighted by Crippen LogP contribution is -2.24. The van der Waals surface area contributed by atoms with E-state index in [1.165, 1.54) is 25.1 Å². The highest BCUT2D eigenvalue weighted by Crippen LogP contribution is 2.24. The Morgan fingerprint density at radius 1 is 1.35 bits per heavy atom. The number of hydrogen-bond donors (Lipinski definition) is 1. The number of thioether (sulfide) groups is 1. The van der Waals surface area contributed by atoms with Gasteiger partial charge in [-0.2, -0.15) is 0 Å². The van der Waals surface area contributed by atoms with Crippen LogP contribution in [0, 0.1) is 0 Å². The molecule has 0 saturated carbocycles. The van der Waals surface area contributed by atoms with E-state index in [1.807, 2.05) is 11.8 Å². The zero-order chi connectivity index (χ0) is 14.2. The number of rotatable bonds is 8. The van der Waals surface area contributed by atoms with Crippen LogP contribution in [0.1, 0.15) is 38.4 Å². The van der Waals surface area contributed by atoms with Crippen molar-refractivity contribution in [2.45, 2.75) is 56.0 Å². The summed E-state index contributed by atoms with van der Waals surface area (Å²) >= 11 is 1.83. The third-order valence-electron chi connectivity index (χ3n) is 3.52. The van der Waals surface area contributed by atoms with Crippen molar-refractivity contribution in [3.63, 3.8) is 0 Å². The van der Waals surface area contributed by atoms with Gasteiger partial charge in [0.1, 0.15) is 5.82 Å². The van der Waals surface area contributed by atoms with Crippen molar-refractivity contribution in [2.24, 2.45) is 0 Å². The first-order chi connectivity index (χ1) is 9.81. The number of methoxy groups -OCH3 is 1. The number of aryl methyl sites for hydroxylation is 1. The minimum absolute atomic E-state index is 0.508. The molecule has 1 unspecified atom stereocenters. The zero-order valence-corrected chi connectivity index (χ0v) is 13.4. The van der Waals surface area contributed by atoms with Gasteiger partial charge in [-0.15, -0.1) is 10.2 Å². The van der Waals surface area contributed by atoms with Crippen molar-refractivity contribution in [3.05, 3.63) is 5.82 Å². The fourth-order valence-electron chi connectivity index (χ4n) is 2.41. The molecule has 0 fully saturated rings. The van der Waals surface area contributed by atoms with Gasteiger partial charge >= 0.3 is 0 Å². The van der Waals surface area contributed by atoms with E-state index in [9.17, 15) is 0 Å². The normalized spacial score (nSPS) is 16.7. The van der Waals surface area contributed by atoms with Crippen LogP contribution in [0.4, 0.5) is 0 Å². The maximum absolute atomic E-state index is 5.04. The largest absolute Gasteiger partial charge is 0.385 e. The highest BCUT2D eigenvalue weighted by atomic mass is 32.2. The quantitative estimate of drug-likeness (QED) is 0.588. The van der Waals surface area contributed by atoms with Gasteiger partial charge < -0.3 is 14.6 Å². The van der Waals surface area contributed by atoms with E-state index < -0.39 is 0 Å². The molecule has 0 aliphatic carbocycles. The lowest BCUT2D eigenvalue weighted by molar-refractivity contribution is 0.194. The molecule has 2 heterocycles. The molecule has 20 heavy (non-hydrogen) atoms. The molecule has 0 saturated heterocycles. The van der Waals surface area contributed by atoms with Crippen LogP contribution >= 0.6 is 11.8 Å². The second-order valence-electron chi connectivity index (χ2n) is 5.34. The molecule has 0 bridgehead atoms. The van der Waals surface area contributed by atoms with E-state index >= 15 is 0 Å². The molecule has 0 radical (unpaired) electrons. The van der Waals surface area contributed by atoms with Crippen LogP contribution in [0.5, 0.6) is 0 Å². The van der Waals surface area contributed by atoms with Crippen LogP contribution in [0.3, 0.4) is 0 Å². The standard InChI is InChI=1S/C14H26N4OS/c1-12(11-15-8-6-10-19-2)20-14-17-16-13-7-4-3-5-9-18(13)14/h12,15H,3-11H2,1-2H3. The van der Waals surface area contributed by atoms with Gasteiger partial charge in [-0.3, -0.25) is 0 Å². The average Bonchev–Trinajstić information content (AvgIpc) is 2.68. The van der Waals surface area contributed by atoms with Gasteiger partial charge in [-0.25, -0.2) is 0 Å². The molecule has 1 aliphatic heterocycles. The topological polar surface area (TPSA) is 52.0 Å². The minimum atomic E-state index is 0.508. The second kappa shape index (κ2) is 8.64. The van der Waals surface area contributed by atoms with E-state index in [0.717, 1.165) is 44.2 Å². The van der Waals surface area contributed by atoms with Crippen LogP contribution in [-0.2, 0) is 17.7 Å². The highest BCUT2D eigenvalue weighted by molar-refractivity contribution is 7.99. The highest BCUT2D eigenvalue weighted by Gasteiger charge is 2.16. The predicted octanol–water partition coefficient (Wildman–Crippen LogP) is 2.11. The third kappa shape index (κ3) is 4.75. The fourth-order valence-corrected chi connectivity index (χ4v) is 3.39. The van der Waals surface area contributed by atoms with Crippen LogP contribution in [-0.4, -0.2) is 46.8 Å². The van der Waals surface area contributed by atoms with Crippen molar-refractivity contribution >= 4 is 11.8 Å². The molecule has 5 nitrogen and oxygen atoms in total. The first-order valence-electron chi connectivity index (χ1n) is 7.59. The summed E-state index contributed by atoms with van der Waals surface area (Å²) in [6.45, 7) is 6.16. The Bertz CT molecular complexity index is 397. The molecule has 1 aromatic rings. The van der Waals surface area contributed by atoms with Gasteiger partial charge in [0.25, 0.3) is 0 Å². The Balaban J connectivity index is 1.76. The Kier molecular flexibility index (Phi) is 6.82. The Morgan fingerprint density at radius 2 is 2.25 bits per heavy atom. The SMILES string of the molecule is COCCCNCC(C)Sc1nnc2n1CCCCC2. The smallest absolute Gasteiger partial charge is 0.191 e. The molecule has 1 aliphatic rings. The molecular weight excluding hydrogens is 272 g/mol. The third-order valence-corrected chi connectivity index (χ3v) is 4.60. The Morgan fingerprint density at radius 3 is 3.10 bits per heavy atom. The molecule has 0 spiro atoms. The van der Waals surface area contributed by atoms with E-state index in [4.69, 9.17) is 4.74 Å². The van der Waals surface area contributed by atoms with Crippen LogP contribution < -0.4 is 5.32 Å². The first-order valence-corrected chi connectivity index (χ1v) is 8.47. The zero-order valence-electron chi connectivity index (χ0n) is 12.6. The summed E-state index contributed by atoms with van der Waals surface area (Å²) in [6, 6.07) is 0. The van der Waals surface area contributed by atoms with Gasteiger partial charge in [-0.1, -0.05) is 25.1 Å². The summed E-state index contributed by atoms with van der Waals surface area (Å²) in [4.78, 5) is 0. The summed E-state index contributed by atoms with van der Waals surface area (Å²) in [7, 11) is 1.75. The average molecular weight is 298 g/mol. The summed E-state index contributed by atoms with van der Waals surface area (Å²) in [6.07, 6.45) is 5.96. The number of nitrogens with zero attached hydrogens (tertiary/aromatic N) is 3. The van der Waals surface area contributed by atoms with Crippen LogP contribution in [0.25, 0.3) is 0 Å². The molecule has 1 aromatic heterocycles. The number of nitrogens with one attached hydrogen (secondary N) is 1.